The Hall–Kier alpha value is -2.37. The Morgan fingerprint density at radius 3 is 2.47 bits per heavy atom. The number of nitrogens with one attached hydrogen (secondary N) is 1. The van der Waals surface area contributed by atoms with E-state index < -0.39 is 12.1 Å². The van der Waals surface area contributed by atoms with Gasteiger partial charge < -0.3 is 15.3 Å². The van der Waals surface area contributed by atoms with Crippen LogP contribution in [0, 0.1) is 5.41 Å². The summed E-state index contributed by atoms with van der Waals surface area (Å²) in [6.07, 6.45) is -5.08. The van der Waals surface area contributed by atoms with Gasteiger partial charge in [-0.15, -0.1) is 10.2 Å². The van der Waals surface area contributed by atoms with E-state index in [0.29, 0.717) is 5.41 Å². The second-order valence-electron chi connectivity index (χ2n) is 7.96. The van der Waals surface area contributed by atoms with Crippen LogP contribution in [0.3, 0.4) is 0 Å². The van der Waals surface area contributed by atoms with Crippen molar-refractivity contribution in [3.63, 3.8) is 0 Å². The number of halogens is 4. The van der Waals surface area contributed by atoms with Gasteiger partial charge in [-0.05, 0) is 30.8 Å². The van der Waals surface area contributed by atoms with Crippen molar-refractivity contribution < 1.29 is 23.1 Å². The van der Waals surface area contributed by atoms with Gasteiger partial charge in [0, 0.05) is 43.2 Å². The lowest BCUT2D eigenvalue weighted by atomic mass is 9.75. The van der Waals surface area contributed by atoms with Crippen LogP contribution in [0.15, 0.2) is 18.2 Å². The number of aliphatic carboxylic acids is 1. The second-order valence-corrected chi connectivity index (χ2v) is 8.40. The van der Waals surface area contributed by atoms with Gasteiger partial charge in [0.1, 0.15) is 0 Å². The Morgan fingerprint density at radius 2 is 1.90 bits per heavy atom. The van der Waals surface area contributed by atoms with Crippen molar-refractivity contribution >= 4 is 23.5 Å². The largest absolute Gasteiger partial charge is 0.490 e. The zero-order chi connectivity index (χ0) is 21.7. The lowest BCUT2D eigenvalue weighted by molar-refractivity contribution is -0.192. The van der Waals surface area contributed by atoms with Crippen LogP contribution < -0.4 is 10.2 Å². The van der Waals surface area contributed by atoms with E-state index in [4.69, 9.17) is 21.5 Å². The van der Waals surface area contributed by atoms with Crippen molar-refractivity contribution in [1.29, 1.82) is 0 Å². The monoisotopic (exact) mass is 444 g/mol. The van der Waals surface area contributed by atoms with Crippen LogP contribution in [0.2, 0.25) is 5.02 Å². The summed E-state index contributed by atoms with van der Waals surface area (Å²) in [7, 11) is 2.10. The molecule has 5 rings (SSSR count). The van der Waals surface area contributed by atoms with Crippen LogP contribution in [-0.2, 0) is 17.9 Å². The van der Waals surface area contributed by atoms with Gasteiger partial charge in [-0.2, -0.15) is 13.2 Å². The molecule has 0 radical (unpaired) electrons. The number of nitrogens with zero attached hydrogens (tertiary/aromatic N) is 5. The molecule has 1 aromatic heterocycles. The van der Waals surface area contributed by atoms with Crippen LogP contribution >= 0.6 is 11.6 Å². The van der Waals surface area contributed by atoms with Gasteiger partial charge in [-0.3, -0.25) is 9.47 Å². The third-order valence-corrected chi connectivity index (χ3v) is 5.66. The highest BCUT2D eigenvalue weighted by Gasteiger charge is 2.49. The quantitative estimate of drug-likeness (QED) is 0.694. The number of hydrogen-bond donors (Lipinski definition) is 2. The fourth-order valence-corrected chi connectivity index (χ4v) is 4.15. The van der Waals surface area contributed by atoms with Crippen LogP contribution in [-0.4, -0.2) is 70.1 Å². The molecule has 1 aromatic carbocycles. The number of carboxylic acid groups (broad SMARTS) is 1. The third-order valence-electron chi connectivity index (χ3n) is 5.42. The number of hydrogen-bond acceptors (Lipinski definition) is 6. The van der Waals surface area contributed by atoms with E-state index in [2.05, 4.69) is 49.1 Å². The molecule has 0 bridgehead atoms. The van der Waals surface area contributed by atoms with Gasteiger partial charge in [-0.1, -0.05) is 11.6 Å². The molecule has 0 saturated carbocycles. The fourth-order valence-electron chi connectivity index (χ4n) is 3.96. The molecule has 4 heterocycles. The van der Waals surface area contributed by atoms with Gasteiger partial charge in [0.15, 0.2) is 5.82 Å². The minimum Gasteiger partial charge on any atom is -0.475 e. The minimum absolute atomic E-state index is 0.469. The molecule has 3 aliphatic heterocycles. The Bertz CT molecular complexity index is 967. The summed E-state index contributed by atoms with van der Waals surface area (Å²) >= 11 is 6.21. The highest BCUT2D eigenvalue weighted by atomic mass is 35.5. The molecule has 162 valence electrons. The first-order chi connectivity index (χ1) is 14.1. The number of benzene rings is 1. The lowest BCUT2D eigenvalue weighted by Crippen LogP contribution is -2.71. The summed E-state index contributed by atoms with van der Waals surface area (Å²) in [5.74, 6) is -0.792. The Labute approximate surface area is 175 Å². The highest BCUT2D eigenvalue weighted by molar-refractivity contribution is 6.30. The molecule has 2 aromatic rings. The average Bonchev–Trinajstić information content (AvgIpc) is 2.89. The summed E-state index contributed by atoms with van der Waals surface area (Å²) < 4.78 is 34.0. The van der Waals surface area contributed by atoms with Crippen LogP contribution in [0.1, 0.15) is 11.4 Å². The van der Waals surface area contributed by atoms with E-state index in [1.807, 2.05) is 6.07 Å². The summed E-state index contributed by atoms with van der Waals surface area (Å²) in [5.41, 5.74) is 2.85. The van der Waals surface area contributed by atoms with Crippen molar-refractivity contribution in [3.8, 4) is 5.69 Å². The molecule has 0 unspecified atom stereocenters. The molecule has 3 aliphatic rings. The smallest absolute Gasteiger partial charge is 0.475 e. The van der Waals surface area contributed by atoms with Crippen molar-refractivity contribution in [2.75, 3.05) is 38.1 Å². The molecule has 2 fully saturated rings. The van der Waals surface area contributed by atoms with Crippen LogP contribution in [0.4, 0.5) is 19.1 Å². The number of rotatable bonds is 1. The molecule has 8 nitrogen and oxygen atoms in total. The van der Waals surface area contributed by atoms with Crippen molar-refractivity contribution in [2.24, 2.45) is 5.41 Å². The SMILES string of the molecule is CN1Cc2cc(Cl)ccc2-n2c(nnc2N2CC3(CNC3)C2)C1.O=C(O)C(F)(F)F. The maximum absolute atomic E-state index is 10.6. The third kappa shape index (κ3) is 3.84. The van der Waals surface area contributed by atoms with E-state index in [-0.39, 0.29) is 0 Å². The first-order valence-electron chi connectivity index (χ1n) is 9.25. The topological polar surface area (TPSA) is 86.5 Å². The highest BCUT2D eigenvalue weighted by Crippen LogP contribution is 2.38. The summed E-state index contributed by atoms with van der Waals surface area (Å²) in [4.78, 5) is 13.5. The lowest BCUT2D eigenvalue weighted by Gasteiger charge is -2.56. The Balaban J connectivity index is 0.000000272. The number of anilines is 1. The number of alkyl halides is 3. The summed E-state index contributed by atoms with van der Waals surface area (Å²) in [6.45, 7) is 6.04. The van der Waals surface area contributed by atoms with Crippen molar-refractivity contribution in [3.05, 3.63) is 34.6 Å². The van der Waals surface area contributed by atoms with Crippen LogP contribution in [0.25, 0.3) is 5.69 Å². The van der Waals surface area contributed by atoms with E-state index in [9.17, 15) is 13.2 Å². The first kappa shape index (κ1) is 20.9. The molecule has 30 heavy (non-hydrogen) atoms. The first-order valence-corrected chi connectivity index (χ1v) is 9.63. The molecular weight excluding hydrogens is 425 g/mol. The van der Waals surface area contributed by atoms with Gasteiger partial charge in [0.25, 0.3) is 0 Å². The minimum atomic E-state index is -5.08. The van der Waals surface area contributed by atoms with Gasteiger partial charge in [-0.25, -0.2) is 4.79 Å². The number of carboxylic acids is 1. The van der Waals surface area contributed by atoms with E-state index in [0.717, 1.165) is 61.8 Å². The van der Waals surface area contributed by atoms with Crippen molar-refractivity contribution in [1.82, 2.24) is 25.0 Å². The average molecular weight is 445 g/mol. The fraction of sp³-hybridized carbons (Fsp3) is 0.500. The molecule has 2 N–H and O–H groups in total. The summed E-state index contributed by atoms with van der Waals surface area (Å²) in [6, 6.07) is 6.10. The number of carbonyl (C=O) groups is 1. The Morgan fingerprint density at radius 1 is 1.23 bits per heavy atom. The molecule has 0 amide bonds. The standard InChI is InChI=1S/C16H19ClN6.C2HF3O2/c1-21-5-11-4-12(17)2-3-13(11)23-14(6-21)19-20-15(23)22-9-16(10-22)7-18-8-16;3-2(4,5)1(6)7/h2-4,18H,5-10H2,1H3;(H,6,7). The van der Waals surface area contributed by atoms with E-state index in [1.165, 1.54) is 5.56 Å². The van der Waals surface area contributed by atoms with E-state index in [1.54, 1.807) is 0 Å². The molecule has 2 saturated heterocycles. The van der Waals surface area contributed by atoms with Crippen molar-refractivity contribution in [2.45, 2.75) is 19.3 Å². The predicted octanol–water partition coefficient (Wildman–Crippen LogP) is 1.91. The molecular formula is C18H20ClF3N6O2. The van der Waals surface area contributed by atoms with E-state index >= 15 is 0 Å². The second kappa shape index (κ2) is 7.40. The zero-order valence-electron chi connectivity index (χ0n) is 16.1. The predicted molar refractivity (Wildman–Crippen MR) is 103 cm³/mol. The van der Waals surface area contributed by atoms with Gasteiger partial charge in [0.05, 0.1) is 12.2 Å². The number of fused-ring (bicyclic) bond motifs is 3. The zero-order valence-corrected chi connectivity index (χ0v) is 16.8. The van der Waals surface area contributed by atoms with Crippen LogP contribution in [0.5, 0.6) is 0 Å². The van der Waals surface area contributed by atoms with Gasteiger partial charge in [0.2, 0.25) is 5.95 Å². The van der Waals surface area contributed by atoms with Gasteiger partial charge >= 0.3 is 12.1 Å². The maximum atomic E-state index is 10.6. The maximum Gasteiger partial charge on any atom is 0.490 e. The summed E-state index contributed by atoms with van der Waals surface area (Å²) in [5, 5.41) is 20.2. The normalized spacial score (nSPS) is 19.6. The Kier molecular flexibility index (Phi) is 5.15. The molecule has 1 spiro atoms. The molecule has 0 atom stereocenters. The number of aromatic nitrogens is 3. The molecule has 12 heteroatoms. The molecule has 0 aliphatic carbocycles.